The van der Waals surface area contributed by atoms with Crippen molar-refractivity contribution in [2.75, 3.05) is 13.7 Å². The quantitative estimate of drug-likeness (QED) is 0.544. The molecule has 0 fully saturated rings. The van der Waals surface area contributed by atoms with Gasteiger partial charge in [-0.15, -0.1) is 0 Å². The molecule has 0 spiro atoms. The molecule has 0 aliphatic rings. The van der Waals surface area contributed by atoms with Gasteiger partial charge in [-0.25, -0.2) is 0 Å². The Balaban J connectivity index is 0. The van der Waals surface area contributed by atoms with Crippen LogP contribution in [0.25, 0.3) is 0 Å². The van der Waals surface area contributed by atoms with Gasteiger partial charge in [0, 0.05) is 13.7 Å². The standard InChI is InChI=1S/C5H8F2O.CH4/c1-8-4-2-3-5(6)7;/h3H,2,4H2,1H3;1H4. The van der Waals surface area contributed by atoms with E-state index in [-0.39, 0.29) is 7.43 Å². The van der Waals surface area contributed by atoms with Gasteiger partial charge in [-0.05, 0) is 12.5 Å². The van der Waals surface area contributed by atoms with Gasteiger partial charge in [-0.1, -0.05) is 7.43 Å². The highest BCUT2D eigenvalue weighted by Gasteiger charge is 1.84. The molecular weight excluding hydrogens is 126 g/mol. The summed E-state index contributed by atoms with van der Waals surface area (Å²) in [5, 5.41) is 0. The molecule has 0 atom stereocenters. The van der Waals surface area contributed by atoms with Crippen molar-refractivity contribution in [3.8, 4) is 0 Å². The fourth-order valence-corrected chi connectivity index (χ4v) is 0.286. The minimum Gasteiger partial charge on any atom is -0.384 e. The van der Waals surface area contributed by atoms with Crippen molar-refractivity contribution in [1.82, 2.24) is 0 Å². The molecule has 0 aromatic heterocycles. The number of hydrogen-bond donors (Lipinski definition) is 0. The van der Waals surface area contributed by atoms with Crippen LogP contribution in [0.2, 0.25) is 0 Å². The molecule has 0 aliphatic heterocycles. The van der Waals surface area contributed by atoms with Crippen LogP contribution in [0.15, 0.2) is 12.2 Å². The fraction of sp³-hybridized carbons (Fsp3) is 0.667. The number of hydrogen-bond acceptors (Lipinski definition) is 1. The van der Waals surface area contributed by atoms with Gasteiger partial charge in [0.25, 0.3) is 6.08 Å². The predicted molar refractivity (Wildman–Crippen MR) is 33.5 cm³/mol. The lowest BCUT2D eigenvalue weighted by molar-refractivity contribution is 0.203. The van der Waals surface area contributed by atoms with Crippen molar-refractivity contribution < 1.29 is 13.5 Å². The van der Waals surface area contributed by atoms with Crippen molar-refractivity contribution in [3.05, 3.63) is 12.2 Å². The normalized spacial score (nSPS) is 7.89. The first kappa shape index (κ1) is 11.4. The Hall–Kier alpha value is -0.440. The lowest BCUT2D eigenvalue weighted by Gasteiger charge is -1.87. The Morgan fingerprint density at radius 3 is 2.44 bits per heavy atom. The molecule has 0 radical (unpaired) electrons. The van der Waals surface area contributed by atoms with Crippen LogP contribution in [-0.2, 0) is 4.74 Å². The van der Waals surface area contributed by atoms with Crippen molar-refractivity contribution >= 4 is 0 Å². The molecule has 0 N–H and O–H groups in total. The van der Waals surface area contributed by atoms with Crippen molar-refractivity contribution in [1.29, 1.82) is 0 Å². The van der Waals surface area contributed by atoms with E-state index in [2.05, 4.69) is 4.74 Å². The summed E-state index contributed by atoms with van der Waals surface area (Å²) in [5.41, 5.74) is 0. The van der Waals surface area contributed by atoms with Gasteiger partial charge in [-0.2, -0.15) is 8.78 Å². The fourth-order valence-electron chi connectivity index (χ4n) is 0.286. The monoisotopic (exact) mass is 138 g/mol. The van der Waals surface area contributed by atoms with Crippen LogP contribution in [-0.4, -0.2) is 13.7 Å². The van der Waals surface area contributed by atoms with Gasteiger partial charge in [0.1, 0.15) is 0 Å². The number of ether oxygens (including phenoxy) is 1. The van der Waals surface area contributed by atoms with Gasteiger partial charge in [0.05, 0.1) is 0 Å². The molecule has 0 aliphatic carbocycles. The largest absolute Gasteiger partial charge is 0.384 e. The first-order chi connectivity index (χ1) is 3.77. The average Bonchev–Trinajstić information content (AvgIpc) is 1.66. The molecule has 0 rings (SSSR count). The van der Waals surface area contributed by atoms with Crippen molar-refractivity contribution in [2.45, 2.75) is 13.8 Å². The lowest BCUT2D eigenvalue weighted by Crippen LogP contribution is -1.83. The van der Waals surface area contributed by atoms with E-state index in [9.17, 15) is 8.78 Å². The number of halogens is 2. The number of methoxy groups -OCH3 is 1. The predicted octanol–water partition coefficient (Wildman–Crippen LogP) is 2.44. The molecule has 0 bridgehead atoms. The van der Waals surface area contributed by atoms with Gasteiger partial charge < -0.3 is 4.74 Å². The molecule has 3 heteroatoms. The van der Waals surface area contributed by atoms with E-state index < -0.39 is 6.08 Å². The number of rotatable bonds is 3. The van der Waals surface area contributed by atoms with Crippen LogP contribution >= 0.6 is 0 Å². The highest BCUT2D eigenvalue weighted by atomic mass is 19.3. The summed E-state index contributed by atoms with van der Waals surface area (Å²) in [6.07, 6.45) is -0.510. The summed E-state index contributed by atoms with van der Waals surface area (Å²) in [5.74, 6) is 0. The lowest BCUT2D eigenvalue weighted by atomic mass is 10.4. The van der Waals surface area contributed by atoms with Crippen LogP contribution in [0.5, 0.6) is 0 Å². The van der Waals surface area contributed by atoms with Gasteiger partial charge in [0.2, 0.25) is 0 Å². The zero-order valence-corrected chi connectivity index (χ0v) is 4.66. The van der Waals surface area contributed by atoms with E-state index in [0.717, 1.165) is 6.08 Å². The maximum Gasteiger partial charge on any atom is 0.266 e. The smallest absolute Gasteiger partial charge is 0.266 e. The SMILES string of the molecule is C.COCCC=C(F)F. The highest BCUT2D eigenvalue weighted by molar-refractivity contribution is 4.79. The van der Waals surface area contributed by atoms with E-state index in [1.54, 1.807) is 0 Å². The summed E-state index contributed by atoms with van der Waals surface area (Å²) < 4.78 is 26.8. The molecule has 0 amide bonds. The second-order valence-electron chi connectivity index (χ2n) is 1.28. The van der Waals surface area contributed by atoms with E-state index >= 15 is 0 Å². The first-order valence-electron chi connectivity index (χ1n) is 2.27. The zero-order valence-electron chi connectivity index (χ0n) is 4.66. The van der Waals surface area contributed by atoms with Crippen LogP contribution < -0.4 is 0 Å². The van der Waals surface area contributed by atoms with Crippen LogP contribution in [0, 0.1) is 0 Å². The van der Waals surface area contributed by atoms with Crippen molar-refractivity contribution in [2.24, 2.45) is 0 Å². The first-order valence-corrected chi connectivity index (χ1v) is 2.27. The second kappa shape index (κ2) is 7.56. The molecule has 9 heavy (non-hydrogen) atoms. The summed E-state index contributed by atoms with van der Waals surface area (Å²) in [7, 11) is 1.48. The topological polar surface area (TPSA) is 9.23 Å². The molecule has 56 valence electrons. The molecule has 0 aromatic rings. The third-order valence-corrected chi connectivity index (χ3v) is 0.621. The Bertz CT molecular complexity index is 77.1. The molecular formula is C6H12F2O. The van der Waals surface area contributed by atoms with E-state index in [1.807, 2.05) is 0 Å². The van der Waals surface area contributed by atoms with Gasteiger partial charge >= 0.3 is 0 Å². The summed E-state index contributed by atoms with van der Waals surface area (Å²) in [4.78, 5) is 0. The molecule has 0 saturated carbocycles. The zero-order chi connectivity index (χ0) is 6.41. The van der Waals surface area contributed by atoms with Crippen LogP contribution in [0.4, 0.5) is 8.78 Å². The molecule has 0 unspecified atom stereocenters. The average molecular weight is 138 g/mol. The van der Waals surface area contributed by atoms with E-state index in [1.165, 1.54) is 7.11 Å². The molecule has 0 aromatic carbocycles. The maximum atomic E-state index is 11.2. The van der Waals surface area contributed by atoms with Crippen LogP contribution in [0.3, 0.4) is 0 Å². The summed E-state index contributed by atoms with van der Waals surface area (Å²) in [6.45, 7) is 0.358. The second-order valence-corrected chi connectivity index (χ2v) is 1.28. The molecule has 1 nitrogen and oxygen atoms in total. The third kappa shape index (κ3) is 11.2. The van der Waals surface area contributed by atoms with Crippen molar-refractivity contribution in [3.63, 3.8) is 0 Å². The van der Waals surface area contributed by atoms with E-state index in [0.29, 0.717) is 13.0 Å². The van der Waals surface area contributed by atoms with Gasteiger partial charge in [-0.3, -0.25) is 0 Å². The third-order valence-electron chi connectivity index (χ3n) is 0.621. The summed E-state index contributed by atoms with van der Waals surface area (Å²) >= 11 is 0. The minimum atomic E-state index is -1.64. The molecule has 0 saturated heterocycles. The van der Waals surface area contributed by atoms with Crippen LogP contribution in [0.1, 0.15) is 13.8 Å². The Morgan fingerprint density at radius 1 is 1.56 bits per heavy atom. The minimum absolute atomic E-state index is 0. The Labute approximate surface area is 54.3 Å². The van der Waals surface area contributed by atoms with E-state index in [4.69, 9.17) is 0 Å². The Morgan fingerprint density at radius 2 is 2.11 bits per heavy atom. The Kier molecular flexibility index (Phi) is 9.55. The summed E-state index contributed by atoms with van der Waals surface area (Å²) in [6, 6.07) is 0. The van der Waals surface area contributed by atoms with Gasteiger partial charge in [0.15, 0.2) is 0 Å². The molecule has 0 heterocycles. The highest BCUT2D eigenvalue weighted by Crippen LogP contribution is 1.97. The maximum absolute atomic E-state index is 11.2.